The lowest BCUT2D eigenvalue weighted by Crippen LogP contribution is -2.04. The quantitative estimate of drug-likeness (QED) is 0.726. The average molecular weight is 236 g/mol. The Bertz CT molecular complexity index is 320. The van der Waals surface area contributed by atoms with Gasteiger partial charge in [0.15, 0.2) is 0 Å². The van der Waals surface area contributed by atoms with Crippen LogP contribution in [-0.2, 0) is 0 Å². The Morgan fingerprint density at radius 2 is 1.94 bits per heavy atom. The van der Waals surface area contributed by atoms with Crippen LogP contribution in [0.1, 0.15) is 51.7 Å². The maximum absolute atomic E-state index is 9.87. The Kier molecular flexibility index (Phi) is 6.06. The summed E-state index contributed by atoms with van der Waals surface area (Å²) < 4.78 is 5.75. The molecule has 96 valence electrons. The van der Waals surface area contributed by atoms with Crippen LogP contribution in [0, 0.1) is 5.92 Å². The van der Waals surface area contributed by atoms with Crippen molar-refractivity contribution in [2.75, 3.05) is 6.61 Å². The Balaban J connectivity index is 2.52. The zero-order chi connectivity index (χ0) is 12.7. The molecule has 0 aromatic heterocycles. The highest BCUT2D eigenvalue weighted by Crippen LogP contribution is 2.27. The maximum Gasteiger partial charge on any atom is 0.125 e. The summed E-state index contributed by atoms with van der Waals surface area (Å²) in [4.78, 5) is 0. The van der Waals surface area contributed by atoms with Crippen molar-refractivity contribution in [3.63, 3.8) is 0 Å². The van der Waals surface area contributed by atoms with Crippen molar-refractivity contribution in [1.82, 2.24) is 0 Å². The Labute approximate surface area is 105 Å². The van der Waals surface area contributed by atoms with Gasteiger partial charge in [-0.2, -0.15) is 0 Å². The first-order valence-electron chi connectivity index (χ1n) is 6.55. The van der Waals surface area contributed by atoms with Gasteiger partial charge in [0.2, 0.25) is 0 Å². The lowest BCUT2D eigenvalue weighted by molar-refractivity contribution is 0.166. The highest BCUT2D eigenvalue weighted by Gasteiger charge is 2.10. The van der Waals surface area contributed by atoms with Gasteiger partial charge < -0.3 is 9.84 Å². The van der Waals surface area contributed by atoms with E-state index in [1.807, 2.05) is 31.2 Å². The first-order valence-corrected chi connectivity index (χ1v) is 6.55. The SMILES string of the molecule is CCC(O)c1ccccc1OCCCC(C)C. The van der Waals surface area contributed by atoms with Crippen molar-refractivity contribution in [2.45, 2.75) is 46.1 Å². The molecule has 2 heteroatoms. The van der Waals surface area contributed by atoms with E-state index < -0.39 is 6.10 Å². The second-order valence-electron chi connectivity index (χ2n) is 4.85. The van der Waals surface area contributed by atoms with Crippen LogP contribution in [0.25, 0.3) is 0 Å². The molecule has 0 saturated carbocycles. The van der Waals surface area contributed by atoms with Gasteiger partial charge in [0, 0.05) is 5.56 Å². The van der Waals surface area contributed by atoms with Crippen LogP contribution in [0.15, 0.2) is 24.3 Å². The zero-order valence-corrected chi connectivity index (χ0v) is 11.1. The first kappa shape index (κ1) is 14.0. The summed E-state index contributed by atoms with van der Waals surface area (Å²) in [6.07, 6.45) is 2.54. The number of hydrogen-bond donors (Lipinski definition) is 1. The molecule has 1 rings (SSSR count). The summed E-state index contributed by atoms with van der Waals surface area (Å²) in [5.74, 6) is 1.54. The van der Waals surface area contributed by atoms with Crippen LogP contribution < -0.4 is 4.74 Å². The molecule has 0 spiro atoms. The number of hydrogen-bond acceptors (Lipinski definition) is 2. The van der Waals surface area contributed by atoms with Crippen molar-refractivity contribution in [3.8, 4) is 5.75 Å². The molecule has 0 fully saturated rings. The number of benzene rings is 1. The fourth-order valence-electron chi connectivity index (χ4n) is 1.78. The van der Waals surface area contributed by atoms with Gasteiger partial charge in [0.1, 0.15) is 5.75 Å². The Hall–Kier alpha value is -1.02. The van der Waals surface area contributed by atoms with Gasteiger partial charge in [-0.15, -0.1) is 0 Å². The van der Waals surface area contributed by atoms with Crippen molar-refractivity contribution in [3.05, 3.63) is 29.8 Å². The number of para-hydroxylation sites is 1. The Morgan fingerprint density at radius 1 is 1.24 bits per heavy atom. The number of ether oxygens (including phenoxy) is 1. The molecule has 0 aliphatic rings. The summed E-state index contributed by atoms with van der Waals surface area (Å²) in [7, 11) is 0. The topological polar surface area (TPSA) is 29.5 Å². The fraction of sp³-hybridized carbons (Fsp3) is 0.600. The molecule has 0 heterocycles. The number of aliphatic hydroxyl groups excluding tert-OH is 1. The molecule has 1 atom stereocenters. The van der Waals surface area contributed by atoms with Crippen LogP contribution in [-0.4, -0.2) is 11.7 Å². The van der Waals surface area contributed by atoms with Crippen LogP contribution in [0.3, 0.4) is 0 Å². The normalized spacial score (nSPS) is 12.8. The van der Waals surface area contributed by atoms with Crippen LogP contribution >= 0.6 is 0 Å². The van der Waals surface area contributed by atoms with Crippen LogP contribution in [0.4, 0.5) is 0 Å². The number of rotatable bonds is 7. The highest BCUT2D eigenvalue weighted by molar-refractivity contribution is 5.34. The molecule has 0 saturated heterocycles. The first-order chi connectivity index (χ1) is 8.15. The molecule has 2 nitrogen and oxygen atoms in total. The Morgan fingerprint density at radius 3 is 2.59 bits per heavy atom. The van der Waals surface area contributed by atoms with Crippen molar-refractivity contribution in [2.24, 2.45) is 5.92 Å². The lowest BCUT2D eigenvalue weighted by Gasteiger charge is -2.15. The van der Waals surface area contributed by atoms with Crippen molar-refractivity contribution < 1.29 is 9.84 Å². The monoisotopic (exact) mass is 236 g/mol. The van der Waals surface area contributed by atoms with Crippen LogP contribution in [0.5, 0.6) is 5.75 Å². The van der Waals surface area contributed by atoms with Crippen molar-refractivity contribution >= 4 is 0 Å². The predicted octanol–water partition coefficient (Wildman–Crippen LogP) is 3.95. The largest absolute Gasteiger partial charge is 0.493 e. The number of aliphatic hydroxyl groups is 1. The van der Waals surface area contributed by atoms with E-state index in [0.29, 0.717) is 6.42 Å². The fourth-order valence-corrected chi connectivity index (χ4v) is 1.78. The highest BCUT2D eigenvalue weighted by atomic mass is 16.5. The van der Waals surface area contributed by atoms with E-state index >= 15 is 0 Å². The van der Waals surface area contributed by atoms with Crippen molar-refractivity contribution in [1.29, 1.82) is 0 Å². The van der Waals surface area contributed by atoms with E-state index in [-0.39, 0.29) is 0 Å². The standard InChI is InChI=1S/C15H24O2/c1-4-14(16)13-9-5-6-10-15(13)17-11-7-8-12(2)3/h5-6,9-10,12,14,16H,4,7-8,11H2,1-3H3. The molecular formula is C15H24O2. The molecule has 0 amide bonds. The van der Waals surface area contributed by atoms with E-state index in [4.69, 9.17) is 4.74 Å². The van der Waals surface area contributed by atoms with E-state index in [0.717, 1.165) is 30.3 Å². The molecule has 0 aliphatic heterocycles. The third-order valence-electron chi connectivity index (χ3n) is 2.85. The average Bonchev–Trinajstić information content (AvgIpc) is 2.34. The minimum Gasteiger partial charge on any atom is -0.493 e. The second kappa shape index (κ2) is 7.33. The summed E-state index contributed by atoms with van der Waals surface area (Å²) >= 11 is 0. The summed E-state index contributed by atoms with van der Waals surface area (Å²) in [5.41, 5.74) is 0.902. The minimum absolute atomic E-state index is 0.420. The molecule has 1 aromatic carbocycles. The minimum atomic E-state index is -0.420. The van der Waals surface area contributed by atoms with Gasteiger partial charge in [-0.25, -0.2) is 0 Å². The zero-order valence-electron chi connectivity index (χ0n) is 11.1. The summed E-state index contributed by atoms with van der Waals surface area (Å²) in [6.45, 7) is 7.13. The van der Waals surface area contributed by atoms with E-state index in [2.05, 4.69) is 13.8 Å². The molecule has 1 unspecified atom stereocenters. The molecule has 0 aliphatic carbocycles. The third kappa shape index (κ3) is 4.78. The maximum atomic E-state index is 9.87. The van der Waals surface area contributed by atoms with Gasteiger partial charge in [-0.1, -0.05) is 39.0 Å². The predicted molar refractivity (Wildman–Crippen MR) is 71.3 cm³/mol. The van der Waals surface area contributed by atoms with Gasteiger partial charge in [0.25, 0.3) is 0 Å². The third-order valence-corrected chi connectivity index (χ3v) is 2.85. The molecule has 0 radical (unpaired) electrons. The summed E-state index contributed by atoms with van der Waals surface area (Å²) in [5, 5.41) is 9.87. The van der Waals surface area contributed by atoms with Crippen LogP contribution in [0.2, 0.25) is 0 Å². The van der Waals surface area contributed by atoms with Gasteiger partial charge in [-0.05, 0) is 31.2 Å². The second-order valence-corrected chi connectivity index (χ2v) is 4.85. The smallest absolute Gasteiger partial charge is 0.125 e. The molecule has 1 aromatic rings. The molecule has 17 heavy (non-hydrogen) atoms. The lowest BCUT2D eigenvalue weighted by atomic mass is 10.1. The van der Waals surface area contributed by atoms with E-state index in [9.17, 15) is 5.11 Å². The van der Waals surface area contributed by atoms with Gasteiger partial charge >= 0.3 is 0 Å². The molecule has 0 bridgehead atoms. The van der Waals surface area contributed by atoms with Gasteiger partial charge in [0.05, 0.1) is 12.7 Å². The molecule has 1 N–H and O–H groups in total. The molecular weight excluding hydrogens is 212 g/mol. The van der Waals surface area contributed by atoms with E-state index in [1.54, 1.807) is 0 Å². The summed E-state index contributed by atoms with van der Waals surface area (Å²) in [6, 6.07) is 7.76. The van der Waals surface area contributed by atoms with Gasteiger partial charge in [-0.3, -0.25) is 0 Å². The van der Waals surface area contributed by atoms with E-state index in [1.165, 1.54) is 6.42 Å².